The van der Waals surface area contributed by atoms with Crippen LogP contribution in [0.5, 0.6) is 5.75 Å². The lowest BCUT2D eigenvalue weighted by atomic mass is 9.46. The molecule has 0 radical (unpaired) electrons. The number of fused-ring (bicyclic) bond motifs is 5. The minimum Gasteiger partial charge on any atom is -0.489 e. The lowest BCUT2D eigenvalue weighted by Crippen LogP contribution is -2.70. The Balaban J connectivity index is 0.889. The topological polar surface area (TPSA) is 138 Å². The first-order valence-electron chi connectivity index (χ1n) is 18.6. The van der Waals surface area contributed by atoms with Crippen LogP contribution in [0.25, 0.3) is 10.8 Å². The van der Waals surface area contributed by atoms with Crippen molar-refractivity contribution < 1.29 is 47.5 Å². The van der Waals surface area contributed by atoms with Crippen LogP contribution in [0.15, 0.2) is 53.6 Å². The third-order valence-electron chi connectivity index (χ3n) is 13.1. The molecule has 0 bridgehead atoms. The fraction of sp³-hybridized carbons (Fsp3) is 0.625. The molecular formula is C40H47NO10. The third-order valence-corrected chi connectivity index (χ3v) is 13.1. The number of ether oxygens (including phenoxy) is 7. The summed E-state index contributed by atoms with van der Waals surface area (Å²) < 4.78 is 44.0. The molecule has 1 N–H and O–H groups in total. The summed E-state index contributed by atoms with van der Waals surface area (Å²) in [6.07, 6.45) is -0.0385. The Labute approximate surface area is 297 Å². The smallest absolute Gasteiger partial charge is 0.334 e. The normalized spacial score (nSPS) is 38.4. The highest BCUT2D eigenvalue weighted by molar-refractivity contribution is 5.92. The van der Waals surface area contributed by atoms with E-state index in [1.54, 1.807) is 0 Å². The number of benzene rings is 2. The number of carbonyl (C=O) groups is 3. The monoisotopic (exact) mass is 701 g/mol. The minimum atomic E-state index is -0.843. The maximum absolute atomic E-state index is 13.7. The molecule has 51 heavy (non-hydrogen) atoms. The molecule has 2 aromatic carbocycles. The van der Waals surface area contributed by atoms with Gasteiger partial charge in [-0.2, -0.15) is 0 Å². The molecule has 7 aliphatic rings. The quantitative estimate of drug-likeness (QED) is 0.189. The van der Waals surface area contributed by atoms with Gasteiger partial charge in [-0.25, -0.2) is 4.79 Å². The van der Waals surface area contributed by atoms with E-state index in [0.29, 0.717) is 31.7 Å². The summed E-state index contributed by atoms with van der Waals surface area (Å²) in [5.74, 6) is -0.368. The van der Waals surface area contributed by atoms with Gasteiger partial charge in [0.1, 0.15) is 48.5 Å². The highest BCUT2D eigenvalue weighted by atomic mass is 16.8. The first-order chi connectivity index (χ1) is 24.5. The van der Waals surface area contributed by atoms with Crippen molar-refractivity contribution in [1.82, 2.24) is 5.32 Å². The molecule has 2 saturated carbocycles. The van der Waals surface area contributed by atoms with E-state index in [9.17, 15) is 14.4 Å². The predicted molar refractivity (Wildman–Crippen MR) is 183 cm³/mol. The Bertz CT molecular complexity index is 1830. The molecule has 9 rings (SSSR count). The highest BCUT2D eigenvalue weighted by Gasteiger charge is 3.01. The van der Waals surface area contributed by atoms with Crippen molar-refractivity contribution in [2.75, 3.05) is 19.8 Å². The lowest BCUT2D eigenvalue weighted by molar-refractivity contribution is -0.171. The maximum atomic E-state index is 13.7. The van der Waals surface area contributed by atoms with Crippen LogP contribution in [-0.2, 0) is 42.8 Å². The summed E-state index contributed by atoms with van der Waals surface area (Å²) in [5.41, 5.74) is -0.709. The number of hydrogen-bond acceptors (Lipinski definition) is 11. The summed E-state index contributed by atoms with van der Waals surface area (Å²) in [4.78, 5) is 39.4. The van der Waals surface area contributed by atoms with Gasteiger partial charge in [0, 0.05) is 29.0 Å². The molecule has 3 saturated heterocycles. The van der Waals surface area contributed by atoms with E-state index in [2.05, 4.69) is 26.1 Å². The van der Waals surface area contributed by atoms with Crippen molar-refractivity contribution in [2.24, 2.45) is 17.3 Å². The van der Waals surface area contributed by atoms with Gasteiger partial charge in [-0.1, -0.05) is 71.0 Å². The van der Waals surface area contributed by atoms with Crippen molar-refractivity contribution in [2.45, 2.75) is 120 Å². The highest BCUT2D eigenvalue weighted by Crippen LogP contribution is 2.83. The fourth-order valence-electron chi connectivity index (χ4n) is 10.5. The number of cyclic esters (lactones) is 1. The average Bonchev–Trinajstić information content (AvgIpc) is 4.03. The van der Waals surface area contributed by atoms with Gasteiger partial charge in [0.25, 0.3) is 0 Å². The van der Waals surface area contributed by atoms with E-state index in [1.807, 2.05) is 56.3 Å². The zero-order valence-electron chi connectivity index (χ0n) is 29.9. The van der Waals surface area contributed by atoms with Gasteiger partial charge < -0.3 is 38.5 Å². The van der Waals surface area contributed by atoms with E-state index >= 15 is 0 Å². The summed E-state index contributed by atoms with van der Waals surface area (Å²) in [5, 5.41) is 5.38. The molecule has 0 aromatic heterocycles. The molecule has 3 aliphatic carbocycles. The van der Waals surface area contributed by atoms with E-state index in [0.717, 1.165) is 28.3 Å². The Kier molecular flexibility index (Phi) is 7.51. The van der Waals surface area contributed by atoms with E-state index in [1.165, 1.54) is 0 Å². The molecule has 11 nitrogen and oxygen atoms in total. The van der Waals surface area contributed by atoms with Crippen LogP contribution < -0.4 is 10.1 Å². The first-order valence-corrected chi connectivity index (χ1v) is 18.6. The summed E-state index contributed by atoms with van der Waals surface area (Å²) >= 11 is 0. The van der Waals surface area contributed by atoms with Gasteiger partial charge in [-0.15, -0.1) is 0 Å². The van der Waals surface area contributed by atoms with E-state index in [4.69, 9.17) is 33.2 Å². The van der Waals surface area contributed by atoms with Gasteiger partial charge in [-0.05, 0) is 48.1 Å². The van der Waals surface area contributed by atoms with Crippen LogP contribution in [0.4, 0.5) is 0 Å². The molecule has 2 aromatic rings. The number of esters is 3. The van der Waals surface area contributed by atoms with Gasteiger partial charge >= 0.3 is 17.9 Å². The molecule has 1 unspecified atom stereocenters. The SMILES string of the molecule is CC(C)NC[C@@H](COc1cccc2ccccc12)OC(=O)CCC(=O)O[C@@H]1[C@@]2(C(C)C)O[C@H]2[C@@H]2O[C@]23[C@]12O[C@H]2CC1C2=C(CC[C@@]13C)C(=O)OC2. The second kappa shape index (κ2) is 11.5. The second-order valence-corrected chi connectivity index (χ2v) is 16.3. The lowest BCUT2D eigenvalue weighted by Gasteiger charge is -2.53. The second-order valence-electron chi connectivity index (χ2n) is 16.3. The predicted octanol–water partition coefficient (Wildman–Crippen LogP) is 4.58. The Hall–Kier alpha value is -3.51. The molecule has 4 heterocycles. The number of nitrogens with one attached hydrogen (secondary N) is 1. The molecular weight excluding hydrogens is 654 g/mol. The van der Waals surface area contributed by atoms with Crippen molar-refractivity contribution in [3.05, 3.63) is 53.6 Å². The van der Waals surface area contributed by atoms with Gasteiger partial charge in [-0.3, -0.25) is 9.59 Å². The van der Waals surface area contributed by atoms with Crippen molar-refractivity contribution >= 4 is 28.7 Å². The minimum absolute atomic E-state index is 0.0368. The summed E-state index contributed by atoms with van der Waals surface area (Å²) in [7, 11) is 0. The van der Waals surface area contributed by atoms with Crippen molar-refractivity contribution in [3.8, 4) is 5.75 Å². The van der Waals surface area contributed by atoms with Crippen LogP contribution in [0.2, 0.25) is 0 Å². The van der Waals surface area contributed by atoms with Gasteiger partial charge in [0.2, 0.25) is 0 Å². The largest absolute Gasteiger partial charge is 0.489 e. The average molecular weight is 702 g/mol. The summed E-state index contributed by atoms with van der Waals surface area (Å²) in [6.45, 7) is 11.3. The fourth-order valence-corrected chi connectivity index (χ4v) is 10.5. The molecule has 5 fully saturated rings. The van der Waals surface area contributed by atoms with E-state index < -0.39 is 40.9 Å². The van der Waals surface area contributed by atoms with Gasteiger partial charge in [0.05, 0.1) is 18.9 Å². The van der Waals surface area contributed by atoms with Crippen LogP contribution in [0.3, 0.4) is 0 Å². The van der Waals surface area contributed by atoms with E-state index in [-0.39, 0.29) is 67.0 Å². The molecule has 0 amide bonds. The van der Waals surface area contributed by atoms with Crippen LogP contribution >= 0.6 is 0 Å². The van der Waals surface area contributed by atoms with Crippen LogP contribution in [-0.4, -0.2) is 91.0 Å². The molecule has 2 spiro atoms. The maximum Gasteiger partial charge on any atom is 0.334 e. The van der Waals surface area contributed by atoms with Crippen molar-refractivity contribution in [1.29, 1.82) is 0 Å². The Morgan fingerprint density at radius 2 is 1.76 bits per heavy atom. The molecule has 10 atom stereocenters. The molecule has 4 aliphatic heterocycles. The summed E-state index contributed by atoms with van der Waals surface area (Å²) in [6, 6.07) is 14.0. The number of carbonyl (C=O) groups excluding carboxylic acids is 3. The number of epoxide rings is 3. The Morgan fingerprint density at radius 1 is 0.980 bits per heavy atom. The number of rotatable bonds is 12. The molecule has 11 heteroatoms. The standard InChI is InChI=1S/C40H47NO10/c1-21(2)38-33(50-38)34-40(51-34)37(5)16-15-26-27(20-46-35(26)44)28(37)17-30-39(40,49-30)36(38)48-32(43)14-13-31(42)47-24(18-41-22(3)4)19-45-29-12-8-10-23-9-6-7-11-25(23)29/h6-12,21-22,24,28,30,33-34,36,41H,13-20H2,1-5H3/t24-,28?,30-,33-,34-,36+,37-,38-,39+,40+/m0/s1. The van der Waals surface area contributed by atoms with Crippen LogP contribution in [0, 0.1) is 17.3 Å². The zero-order valence-corrected chi connectivity index (χ0v) is 29.9. The Morgan fingerprint density at radius 3 is 2.57 bits per heavy atom. The van der Waals surface area contributed by atoms with Crippen molar-refractivity contribution in [3.63, 3.8) is 0 Å². The molecule has 272 valence electrons. The first kappa shape index (κ1) is 33.3. The van der Waals surface area contributed by atoms with Gasteiger partial charge in [0.15, 0.2) is 11.7 Å². The zero-order chi connectivity index (χ0) is 35.5. The number of hydrogen-bond donors (Lipinski definition) is 1. The van der Waals surface area contributed by atoms with Crippen LogP contribution in [0.1, 0.15) is 66.7 Å². The third kappa shape index (κ3) is 4.66.